The summed E-state index contributed by atoms with van der Waals surface area (Å²) in [5.74, 6) is 1.34. The van der Waals surface area contributed by atoms with Crippen LogP contribution in [0.5, 0.6) is 11.5 Å². The van der Waals surface area contributed by atoms with Crippen LogP contribution in [0.2, 0.25) is 0 Å². The van der Waals surface area contributed by atoms with E-state index in [4.69, 9.17) is 15.2 Å². The maximum absolute atomic E-state index is 13.0. The summed E-state index contributed by atoms with van der Waals surface area (Å²) in [7, 11) is 3.18. The molecule has 7 nitrogen and oxygen atoms in total. The lowest BCUT2D eigenvalue weighted by atomic mass is 10.2. The van der Waals surface area contributed by atoms with Gasteiger partial charge in [0.25, 0.3) is 0 Å². The second-order valence-corrected chi connectivity index (χ2v) is 5.97. The van der Waals surface area contributed by atoms with Crippen LogP contribution < -0.4 is 20.5 Å². The number of hydrogen-bond donors (Lipinski definition) is 2. The molecule has 0 spiro atoms. The molecule has 2 aromatic carbocycles. The van der Waals surface area contributed by atoms with Crippen LogP contribution in [-0.4, -0.2) is 30.0 Å². The molecule has 3 aromatic rings. The number of aromatic nitrogens is 2. The molecule has 0 saturated carbocycles. The van der Waals surface area contributed by atoms with E-state index in [1.165, 1.54) is 12.1 Å². The van der Waals surface area contributed by atoms with Crippen molar-refractivity contribution in [3.05, 3.63) is 71.8 Å². The van der Waals surface area contributed by atoms with Gasteiger partial charge in [0.2, 0.25) is 0 Å². The molecule has 0 fully saturated rings. The molecule has 3 N–H and O–H groups in total. The molecule has 8 heteroatoms. The molecular weight excluding hydrogens is 361 g/mol. The first-order chi connectivity index (χ1) is 13.6. The molecule has 0 amide bonds. The molecule has 0 aliphatic carbocycles. The summed E-state index contributed by atoms with van der Waals surface area (Å²) in [6, 6.07) is 13.6. The molecule has 0 atom stereocenters. The van der Waals surface area contributed by atoms with Crippen molar-refractivity contribution in [3.8, 4) is 17.2 Å². The Labute approximate surface area is 162 Å². The maximum atomic E-state index is 13.0. The molecule has 0 unspecified atom stereocenters. The second kappa shape index (κ2) is 8.90. The SMILES string of the molecule is COc1ccc(CN=C(N)NCc2ccn(-c3ccc(F)cc3)n2)cc1OC. The van der Waals surface area contributed by atoms with Crippen molar-refractivity contribution < 1.29 is 13.9 Å². The summed E-state index contributed by atoms with van der Waals surface area (Å²) >= 11 is 0. The fourth-order valence-electron chi connectivity index (χ4n) is 2.59. The molecule has 0 bridgehead atoms. The smallest absolute Gasteiger partial charge is 0.189 e. The van der Waals surface area contributed by atoms with E-state index in [-0.39, 0.29) is 5.82 Å². The third-order valence-corrected chi connectivity index (χ3v) is 4.07. The van der Waals surface area contributed by atoms with Crippen molar-refractivity contribution in [1.29, 1.82) is 0 Å². The Morgan fingerprint density at radius 2 is 1.86 bits per heavy atom. The molecule has 146 valence electrons. The lowest BCUT2D eigenvalue weighted by Crippen LogP contribution is -2.31. The monoisotopic (exact) mass is 383 g/mol. The summed E-state index contributed by atoms with van der Waals surface area (Å²) in [6.07, 6.45) is 1.81. The Kier molecular flexibility index (Phi) is 6.11. The number of rotatable bonds is 7. The van der Waals surface area contributed by atoms with Gasteiger partial charge in [-0.15, -0.1) is 0 Å². The number of aliphatic imine (C=N–C) groups is 1. The van der Waals surface area contributed by atoms with E-state index in [0.717, 1.165) is 16.9 Å². The van der Waals surface area contributed by atoms with E-state index >= 15 is 0 Å². The van der Waals surface area contributed by atoms with Gasteiger partial charge >= 0.3 is 0 Å². The first-order valence-electron chi connectivity index (χ1n) is 8.64. The molecule has 3 rings (SSSR count). The fraction of sp³-hybridized carbons (Fsp3) is 0.200. The van der Waals surface area contributed by atoms with Crippen LogP contribution in [0, 0.1) is 5.82 Å². The van der Waals surface area contributed by atoms with Crippen molar-refractivity contribution in [2.45, 2.75) is 13.1 Å². The zero-order valence-electron chi connectivity index (χ0n) is 15.7. The Balaban J connectivity index is 1.57. The van der Waals surface area contributed by atoms with Crippen molar-refractivity contribution in [2.24, 2.45) is 10.7 Å². The number of methoxy groups -OCH3 is 2. The van der Waals surface area contributed by atoms with E-state index in [9.17, 15) is 4.39 Å². The Bertz CT molecular complexity index is 953. The van der Waals surface area contributed by atoms with Crippen molar-refractivity contribution in [1.82, 2.24) is 15.1 Å². The number of nitrogens with two attached hydrogens (primary N) is 1. The summed E-state index contributed by atoms with van der Waals surface area (Å²) < 4.78 is 25.2. The first kappa shape index (κ1) is 19.2. The van der Waals surface area contributed by atoms with Gasteiger partial charge in [0.1, 0.15) is 5.82 Å². The Morgan fingerprint density at radius 1 is 1.11 bits per heavy atom. The number of guanidine groups is 1. The highest BCUT2D eigenvalue weighted by atomic mass is 19.1. The molecule has 0 saturated heterocycles. The summed E-state index contributed by atoms with van der Waals surface area (Å²) in [5.41, 5.74) is 8.45. The lowest BCUT2D eigenvalue weighted by Gasteiger charge is -2.09. The van der Waals surface area contributed by atoms with Crippen LogP contribution in [0.3, 0.4) is 0 Å². The lowest BCUT2D eigenvalue weighted by molar-refractivity contribution is 0.354. The number of halogens is 1. The van der Waals surface area contributed by atoms with Crippen LogP contribution in [0.15, 0.2) is 59.7 Å². The number of hydrogen-bond acceptors (Lipinski definition) is 4. The molecule has 28 heavy (non-hydrogen) atoms. The van der Waals surface area contributed by atoms with Crippen molar-refractivity contribution >= 4 is 5.96 Å². The van der Waals surface area contributed by atoms with Crippen LogP contribution in [0.25, 0.3) is 5.69 Å². The zero-order valence-corrected chi connectivity index (χ0v) is 15.7. The summed E-state index contributed by atoms with van der Waals surface area (Å²) in [5, 5.41) is 7.46. The standard InChI is InChI=1S/C20H22FN5O2/c1-27-18-8-3-14(11-19(18)28-2)12-23-20(22)24-13-16-9-10-26(25-16)17-6-4-15(21)5-7-17/h3-11H,12-13H2,1-2H3,(H3,22,23,24). The average Bonchev–Trinajstić information content (AvgIpc) is 3.20. The van der Waals surface area contributed by atoms with Gasteiger partial charge in [-0.05, 0) is 48.0 Å². The summed E-state index contributed by atoms with van der Waals surface area (Å²) in [4.78, 5) is 4.33. The minimum absolute atomic E-state index is 0.281. The van der Waals surface area contributed by atoms with Crippen LogP contribution >= 0.6 is 0 Å². The van der Waals surface area contributed by atoms with Gasteiger partial charge < -0.3 is 20.5 Å². The van der Waals surface area contributed by atoms with E-state index < -0.39 is 0 Å². The van der Waals surface area contributed by atoms with Gasteiger partial charge in [0.15, 0.2) is 17.5 Å². The third kappa shape index (κ3) is 4.79. The van der Waals surface area contributed by atoms with Crippen molar-refractivity contribution in [2.75, 3.05) is 14.2 Å². The second-order valence-electron chi connectivity index (χ2n) is 5.97. The van der Waals surface area contributed by atoms with E-state index in [2.05, 4.69) is 15.4 Å². The highest BCUT2D eigenvalue weighted by Crippen LogP contribution is 2.27. The molecule has 0 aliphatic rings. The topological polar surface area (TPSA) is 86.7 Å². The highest BCUT2D eigenvalue weighted by Gasteiger charge is 2.05. The van der Waals surface area contributed by atoms with Gasteiger partial charge in [-0.3, -0.25) is 0 Å². The number of ether oxygens (including phenoxy) is 2. The largest absolute Gasteiger partial charge is 0.493 e. The Morgan fingerprint density at radius 3 is 2.57 bits per heavy atom. The highest BCUT2D eigenvalue weighted by molar-refractivity contribution is 5.77. The maximum Gasteiger partial charge on any atom is 0.189 e. The normalized spacial score (nSPS) is 11.3. The van der Waals surface area contributed by atoms with Gasteiger partial charge in [-0.2, -0.15) is 5.10 Å². The first-order valence-corrected chi connectivity index (χ1v) is 8.64. The minimum Gasteiger partial charge on any atom is -0.493 e. The third-order valence-electron chi connectivity index (χ3n) is 4.07. The van der Waals surface area contributed by atoms with Crippen LogP contribution in [0.1, 0.15) is 11.3 Å². The Hall–Kier alpha value is -3.55. The van der Waals surface area contributed by atoms with Crippen LogP contribution in [-0.2, 0) is 13.1 Å². The number of nitrogens with zero attached hydrogens (tertiary/aromatic N) is 3. The van der Waals surface area contributed by atoms with Gasteiger partial charge in [-0.25, -0.2) is 14.1 Å². The molecular formula is C20H22FN5O2. The molecule has 0 aliphatic heterocycles. The summed E-state index contributed by atoms with van der Waals surface area (Å²) in [6.45, 7) is 0.832. The zero-order chi connectivity index (χ0) is 19.9. The molecule has 1 aromatic heterocycles. The van der Waals surface area contributed by atoms with Gasteiger partial charge in [0.05, 0.1) is 38.7 Å². The van der Waals surface area contributed by atoms with Gasteiger partial charge in [-0.1, -0.05) is 6.07 Å². The molecule has 1 heterocycles. The van der Waals surface area contributed by atoms with E-state index in [0.29, 0.717) is 30.5 Å². The minimum atomic E-state index is -0.281. The fourth-order valence-corrected chi connectivity index (χ4v) is 2.59. The predicted molar refractivity (Wildman–Crippen MR) is 105 cm³/mol. The number of nitrogens with one attached hydrogen (secondary N) is 1. The molecule has 0 radical (unpaired) electrons. The quantitative estimate of drug-likeness (QED) is 0.484. The van der Waals surface area contributed by atoms with Crippen LogP contribution in [0.4, 0.5) is 4.39 Å². The predicted octanol–water partition coefficient (Wildman–Crippen LogP) is 2.63. The van der Waals surface area contributed by atoms with E-state index in [1.54, 1.807) is 37.2 Å². The average molecular weight is 383 g/mol. The van der Waals surface area contributed by atoms with Gasteiger partial charge in [0, 0.05) is 6.20 Å². The van der Waals surface area contributed by atoms with Crippen molar-refractivity contribution in [3.63, 3.8) is 0 Å². The number of benzene rings is 2. The van der Waals surface area contributed by atoms with E-state index in [1.807, 2.05) is 24.3 Å².